The molecule has 24 heavy (non-hydrogen) atoms. The maximum atomic E-state index is 5.86. The minimum atomic E-state index is 0.821. The number of benzene rings is 1. The zero-order valence-electron chi connectivity index (χ0n) is 12.6. The molecular formula is C20H12N2O2. The average molecular weight is 312 g/mol. The van der Waals surface area contributed by atoms with Gasteiger partial charge >= 0.3 is 0 Å². The molecule has 0 aliphatic carbocycles. The van der Waals surface area contributed by atoms with Crippen molar-refractivity contribution in [3.63, 3.8) is 0 Å². The van der Waals surface area contributed by atoms with Gasteiger partial charge in [0.05, 0.1) is 0 Å². The molecule has 4 nitrogen and oxygen atoms in total. The van der Waals surface area contributed by atoms with Gasteiger partial charge in [-0.3, -0.25) is 9.97 Å². The standard InChI is InChI=1S/C20H12N2O2/c1-2-4-18(20-16-6-8-22-10-14(16)12-24-20)17(3-1)19-15-5-7-21-9-13(15)11-23-19/h1-12H. The van der Waals surface area contributed by atoms with Crippen molar-refractivity contribution in [3.05, 3.63) is 73.7 Å². The number of hydrogen-bond acceptors (Lipinski definition) is 4. The van der Waals surface area contributed by atoms with Crippen LogP contribution in [-0.4, -0.2) is 9.97 Å². The van der Waals surface area contributed by atoms with E-state index in [4.69, 9.17) is 8.83 Å². The van der Waals surface area contributed by atoms with Gasteiger partial charge in [0.25, 0.3) is 0 Å². The summed E-state index contributed by atoms with van der Waals surface area (Å²) in [6.45, 7) is 0. The van der Waals surface area contributed by atoms with E-state index in [1.165, 1.54) is 0 Å². The zero-order valence-corrected chi connectivity index (χ0v) is 12.6. The second-order valence-corrected chi connectivity index (χ2v) is 5.60. The lowest BCUT2D eigenvalue weighted by Crippen LogP contribution is -1.83. The summed E-state index contributed by atoms with van der Waals surface area (Å²) in [6, 6.07) is 12.0. The lowest BCUT2D eigenvalue weighted by atomic mass is 9.99. The van der Waals surface area contributed by atoms with Crippen LogP contribution >= 0.6 is 0 Å². The van der Waals surface area contributed by atoms with Gasteiger partial charge in [0, 0.05) is 57.5 Å². The van der Waals surface area contributed by atoms with Gasteiger partial charge in [-0.05, 0) is 12.1 Å². The van der Waals surface area contributed by atoms with Gasteiger partial charge in [-0.1, -0.05) is 24.3 Å². The van der Waals surface area contributed by atoms with Crippen LogP contribution in [0.1, 0.15) is 0 Å². The third-order valence-electron chi connectivity index (χ3n) is 4.22. The van der Waals surface area contributed by atoms with Crippen molar-refractivity contribution in [3.8, 4) is 22.6 Å². The second kappa shape index (κ2) is 5.06. The molecule has 0 atom stereocenters. The Labute approximate surface area is 137 Å². The van der Waals surface area contributed by atoms with Crippen LogP contribution in [0.4, 0.5) is 0 Å². The van der Waals surface area contributed by atoms with Crippen molar-refractivity contribution in [2.24, 2.45) is 0 Å². The molecule has 5 rings (SSSR count). The highest BCUT2D eigenvalue weighted by atomic mass is 16.3. The average Bonchev–Trinajstić information content (AvgIpc) is 3.26. The molecule has 0 unspecified atom stereocenters. The Morgan fingerprint density at radius 3 is 1.62 bits per heavy atom. The lowest BCUT2D eigenvalue weighted by molar-refractivity contribution is 0.580. The van der Waals surface area contributed by atoms with Crippen molar-refractivity contribution < 1.29 is 8.83 Å². The van der Waals surface area contributed by atoms with Gasteiger partial charge < -0.3 is 8.83 Å². The predicted octanol–water partition coefficient (Wildman–Crippen LogP) is 5.30. The smallest absolute Gasteiger partial charge is 0.142 e. The van der Waals surface area contributed by atoms with Crippen LogP contribution in [0.15, 0.2) is 82.5 Å². The van der Waals surface area contributed by atoms with Crippen LogP contribution in [0.5, 0.6) is 0 Å². The van der Waals surface area contributed by atoms with Crippen LogP contribution in [-0.2, 0) is 0 Å². The quantitative estimate of drug-likeness (QED) is 0.443. The molecule has 0 aliphatic heterocycles. The third kappa shape index (κ3) is 1.86. The fraction of sp³-hybridized carbons (Fsp3) is 0. The molecule has 1 aromatic carbocycles. The summed E-state index contributed by atoms with van der Waals surface area (Å²) in [6.07, 6.45) is 10.6. The fourth-order valence-corrected chi connectivity index (χ4v) is 3.08. The number of nitrogens with zero attached hydrogens (tertiary/aromatic N) is 2. The normalized spacial score (nSPS) is 11.3. The van der Waals surface area contributed by atoms with E-state index < -0.39 is 0 Å². The van der Waals surface area contributed by atoms with Gasteiger partial charge in [-0.25, -0.2) is 0 Å². The number of hydrogen-bond donors (Lipinski definition) is 0. The number of fused-ring (bicyclic) bond motifs is 2. The van der Waals surface area contributed by atoms with E-state index >= 15 is 0 Å². The Morgan fingerprint density at radius 1 is 0.625 bits per heavy atom. The van der Waals surface area contributed by atoms with Crippen LogP contribution in [0, 0.1) is 0 Å². The molecule has 0 fully saturated rings. The first-order chi connectivity index (χ1) is 11.9. The molecule has 0 saturated heterocycles. The second-order valence-electron chi connectivity index (χ2n) is 5.60. The Hall–Kier alpha value is -3.40. The number of aromatic nitrogens is 2. The van der Waals surface area contributed by atoms with Crippen molar-refractivity contribution in [2.75, 3.05) is 0 Å². The molecule has 0 spiro atoms. The van der Waals surface area contributed by atoms with Crippen LogP contribution in [0.25, 0.3) is 44.2 Å². The molecule has 4 aromatic heterocycles. The zero-order chi connectivity index (χ0) is 15.9. The van der Waals surface area contributed by atoms with E-state index in [0.717, 1.165) is 44.2 Å². The maximum absolute atomic E-state index is 5.86. The summed E-state index contributed by atoms with van der Waals surface area (Å²) in [5, 5.41) is 4.04. The van der Waals surface area contributed by atoms with Gasteiger partial charge in [0.1, 0.15) is 24.0 Å². The van der Waals surface area contributed by atoms with E-state index in [-0.39, 0.29) is 0 Å². The van der Waals surface area contributed by atoms with Crippen molar-refractivity contribution in [2.45, 2.75) is 0 Å². The van der Waals surface area contributed by atoms with Gasteiger partial charge in [-0.15, -0.1) is 0 Å². The van der Waals surface area contributed by atoms with Crippen molar-refractivity contribution >= 4 is 21.5 Å². The fourth-order valence-electron chi connectivity index (χ4n) is 3.08. The number of furan rings is 2. The van der Waals surface area contributed by atoms with Gasteiger partial charge in [0.15, 0.2) is 0 Å². The molecule has 0 radical (unpaired) electrons. The lowest BCUT2D eigenvalue weighted by Gasteiger charge is -2.06. The highest BCUT2D eigenvalue weighted by molar-refractivity contribution is 6.01. The maximum Gasteiger partial charge on any atom is 0.142 e. The summed E-state index contributed by atoms with van der Waals surface area (Å²) >= 11 is 0. The van der Waals surface area contributed by atoms with E-state index in [0.29, 0.717) is 0 Å². The van der Waals surface area contributed by atoms with Crippen molar-refractivity contribution in [1.82, 2.24) is 9.97 Å². The van der Waals surface area contributed by atoms with Gasteiger partial charge in [-0.2, -0.15) is 0 Å². The topological polar surface area (TPSA) is 52.1 Å². The molecule has 114 valence electrons. The first kappa shape index (κ1) is 13.1. The van der Waals surface area contributed by atoms with E-state index in [9.17, 15) is 0 Å². The minimum Gasteiger partial charge on any atom is -0.463 e. The van der Waals surface area contributed by atoms with Crippen LogP contribution < -0.4 is 0 Å². The van der Waals surface area contributed by atoms with E-state index in [2.05, 4.69) is 9.97 Å². The first-order valence-electron chi connectivity index (χ1n) is 7.64. The van der Waals surface area contributed by atoms with Gasteiger partial charge in [0.2, 0.25) is 0 Å². The van der Waals surface area contributed by atoms with E-state index in [1.54, 1.807) is 37.3 Å². The molecule has 0 aliphatic rings. The van der Waals surface area contributed by atoms with Crippen molar-refractivity contribution in [1.29, 1.82) is 0 Å². The van der Waals surface area contributed by atoms with Crippen LogP contribution in [0.2, 0.25) is 0 Å². The molecule has 0 N–H and O–H groups in total. The minimum absolute atomic E-state index is 0.821. The summed E-state index contributed by atoms with van der Waals surface area (Å²) in [7, 11) is 0. The Bertz CT molecular complexity index is 1080. The third-order valence-corrected chi connectivity index (χ3v) is 4.22. The molecule has 4 heteroatoms. The molecule has 5 aromatic rings. The Morgan fingerprint density at radius 2 is 1.12 bits per heavy atom. The molecule has 0 saturated carbocycles. The first-order valence-corrected chi connectivity index (χ1v) is 7.64. The largest absolute Gasteiger partial charge is 0.463 e. The summed E-state index contributed by atoms with van der Waals surface area (Å²) in [5.74, 6) is 1.64. The summed E-state index contributed by atoms with van der Waals surface area (Å²) in [4.78, 5) is 8.30. The molecule has 0 amide bonds. The summed E-state index contributed by atoms with van der Waals surface area (Å²) in [5.41, 5.74) is 1.98. The number of rotatable bonds is 2. The van der Waals surface area contributed by atoms with Crippen LogP contribution in [0.3, 0.4) is 0 Å². The SMILES string of the molecule is c1ccc(-c2occ3cnccc23)c(-c2occ3cnccc23)c1. The molecule has 4 heterocycles. The highest BCUT2D eigenvalue weighted by Crippen LogP contribution is 2.39. The molecule has 0 bridgehead atoms. The Balaban J connectivity index is 1.80. The number of pyridine rings is 2. The highest BCUT2D eigenvalue weighted by Gasteiger charge is 2.17. The Kier molecular flexibility index (Phi) is 2.76. The van der Waals surface area contributed by atoms with E-state index in [1.807, 2.05) is 36.4 Å². The summed E-state index contributed by atoms with van der Waals surface area (Å²) < 4.78 is 11.7. The molecular weight excluding hydrogens is 300 g/mol. The predicted molar refractivity (Wildman–Crippen MR) is 92.4 cm³/mol. The monoisotopic (exact) mass is 312 g/mol.